The van der Waals surface area contributed by atoms with Crippen molar-refractivity contribution in [2.45, 2.75) is 42.4 Å². The first kappa shape index (κ1) is 19.5. The second-order valence-electron chi connectivity index (χ2n) is 6.70. The normalized spacial score (nSPS) is 13.5. The van der Waals surface area contributed by atoms with Gasteiger partial charge in [0.15, 0.2) is 0 Å². The molecule has 0 saturated carbocycles. The summed E-state index contributed by atoms with van der Waals surface area (Å²) >= 11 is 11.6. The van der Waals surface area contributed by atoms with Gasteiger partial charge in [-0.25, -0.2) is 4.98 Å². The third-order valence-electron chi connectivity index (χ3n) is 4.35. The quantitative estimate of drug-likeness (QED) is 0.349. The van der Waals surface area contributed by atoms with Gasteiger partial charge in [-0.15, -0.1) is 11.8 Å². The van der Waals surface area contributed by atoms with Crippen LogP contribution in [0.25, 0.3) is 0 Å². The van der Waals surface area contributed by atoms with Gasteiger partial charge in [-0.1, -0.05) is 35.9 Å². The molecule has 0 bridgehead atoms. The van der Waals surface area contributed by atoms with Crippen LogP contribution < -0.4 is 0 Å². The van der Waals surface area contributed by atoms with Crippen molar-refractivity contribution in [3.63, 3.8) is 0 Å². The van der Waals surface area contributed by atoms with Crippen LogP contribution in [0.2, 0.25) is 5.02 Å². The Balaban J connectivity index is 1.69. The molecule has 26 heavy (non-hydrogen) atoms. The molecular weight excluding hydrogens is 428 g/mol. The van der Waals surface area contributed by atoms with Crippen molar-refractivity contribution >= 4 is 39.3 Å². The van der Waals surface area contributed by atoms with Crippen molar-refractivity contribution in [1.82, 2.24) is 9.55 Å². The summed E-state index contributed by atoms with van der Waals surface area (Å²) in [6.45, 7) is 3.28. The Hall–Kier alpha value is -1.23. The minimum absolute atomic E-state index is 0.0804. The molecule has 0 aliphatic rings. The first-order valence-corrected chi connectivity index (χ1v) is 10.7. The van der Waals surface area contributed by atoms with Gasteiger partial charge in [-0.2, -0.15) is 0 Å². The van der Waals surface area contributed by atoms with E-state index in [1.807, 2.05) is 42.6 Å². The molecule has 2 nitrogen and oxygen atoms in total. The van der Waals surface area contributed by atoms with Crippen molar-refractivity contribution < 1.29 is 0 Å². The molecule has 0 spiro atoms. The average Bonchev–Trinajstić information content (AvgIpc) is 3.11. The monoisotopic (exact) mass is 448 g/mol. The lowest BCUT2D eigenvalue weighted by Gasteiger charge is -2.30. The molecule has 1 unspecified atom stereocenters. The molecule has 1 heterocycles. The highest BCUT2D eigenvalue weighted by Gasteiger charge is 2.27. The minimum atomic E-state index is 0.0804. The van der Waals surface area contributed by atoms with Gasteiger partial charge in [0, 0.05) is 38.1 Å². The fourth-order valence-electron chi connectivity index (χ4n) is 3.04. The molecule has 0 radical (unpaired) electrons. The van der Waals surface area contributed by atoms with Crippen LogP contribution in [0, 0.1) is 0 Å². The van der Waals surface area contributed by atoms with E-state index in [0.29, 0.717) is 0 Å². The van der Waals surface area contributed by atoms with Crippen LogP contribution in [-0.2, 0) is 13.0 Å². The fraction of sp³-hybridized carbons (Fsp3) is 0.286. The Morgan fingerprint density at radius 2 is 1.92 bits per heavy atom. The smallest absolute Gasteiger partial charge is 0.0946 e. The summed E-state index contributed by atoms with van der Waals surface area (Å²) < 4.78 is 3.41. The zero-order valence-corrected chi connectivity index (χ0v) is 17.9. The summed E-state index contributed by atoms with van der Waals surface area (Å²) in [7, 11) is 0. The highest BCUT2D eigenvalue weighted by Crippen LogP contribution is 2.41. The van der Waals surface area contributed by atoms with Gasteiger partial charge >= 0.3 is 0 Å². The van der Waals surface area contributed by atoms with Crippen molar-refractivity contribution in [2.24, 2.45) is 0 Å². The number of aryl methyl sites for hydroxylation is 1. The molecule has 0 saturated heterocycles. The summed E-state index contributed by atoms with van der Waals surface area (Å²) in [4.78, 5) is 5.48. The van der Waals surface area contributed by atoms with E-state index in [1.54, 1.807) is 0 Å². The van der Waals surface area contributed by atoms with Gasteiger partial charge in [0.2, 0.25) is 0 Å². The molecule has 0 fully saturated rings. The summed E-state index contributed by atoms with van der Waals surface area (Å²) in [5, 5.41) is 0.795. The number of imidazole rings is 1. The molecule has 0 N–H and O–H groups in total. The zero-order valence-electron chi connectivity index (χ0n) is 14.7. The molecule has 5 heteroatoms. The lowest BCUT2D eigenvalue weighted by atomic mass is 10.00. The zero-order chi connectivity index (χ0) is 18.4. The van der Waals surface area contributed by atoms with E-state index < -0.39 is 0 Å². The van der Waals surface area contributed by atoms with Crippen molar-refractivity contribution in [1.29, 1.82) is 0 Å². The highest BCUT2D eigenvalue weighted by atomic mass is 79.9. The third-order valence-corrected chi connectivity index (χ3v) is 6.96. The number of benzene rings is 2. The second-order valence-corrected chi connectivity index (χ2v) is 9.62. The fourth-order valence-corrected chi connectivity index (χ4v) is 5.00. The predicted octanol–water partition coefficient (Wildman–Crippen LogP) is 6.87. The molecule has 136 valence electrons. The van der Waals surface area contributed by atoms with Crippen molar-refractivity contribution in [2.75, 3.05) is 0 Å². The SMILES string of the molecule is CC(CCCc1ccc(Cl)cc1)(Cn1ccnc1)Sc1ccccc1Br. The second kappa shape index (κ2) is 9.12. The van der Waals surface area contributed by atoms with E-state index in [1.165, 1.54) is 10.5 Å². The summed E-state index contributed by atoms with van der Waals surface area (Å²) in [5.74, 6) is 0. The molecule has 2 aromatic carbocycles. The van der Waals surface area contributed by atoms with Crippen molar-refractivity contribution in [3.05, 3.63) is 82.3 Å². The van der Waals surface area contributed by atoms with Gasteiger partial charge in [0.25, 0.3) is 0 Å². The predicted molar refractivity (Wildman–Crippen MR) is 115 cm³/mol. The molecule has 3 rings (SSSR count). The van der Waals surface area contributed by atoms with Crippen molar-refractivity contribution in [3.8, 4) is 0 Å². The summed E-state index contributed by atoms with van der Waals surface area (Å²) in [6.07, 6.45) is 9.09. The van der Waals surface area contributed by atoms with Gasteiger partial charge in [0.05, 0.1) is 6.33 Å². The topological polar surface area (TPSA) is 17.8 Å². The van der Waals surface area contributed by atoms with Gasteiger partial charge in [-0.05, 0) is 71.9 Å². The standard InChI is InChI=1S/C21H22BrClN2S/c1-21(15-25-14-13-24-16-25,26-20-7-3-2-6-19(20)22)12-4-5-17-8-10-18(23)11-9-17/h2-3,6-11,13-14,16H,4-5,12,15H2,1H3. The van der Waals surface area contributed by atoms with Crippen LogP contribution in [0.1, 0.15) is 25.3 Å². The lowest BCUT2D eigenvalue weighted by molar-refractivity contribution is 0.480. The number of hydrogen-bond acceptors (Lipinski definition) is 2. The summed E-state index contributed by atoms with van der Waals surface area (Å²) in [5.41, 5.74) is 1.34. The third kappa shape index (κ3) is 5.63. The Kier molecular flexibility index (Phi) is 6.85. The van der Waals surface area contributed by atoms with Crippen LogP contribution in [-0.4, -0.2) is 14.3 Å². The van der Waals surface area contributed by atoms with E-state index in [-0.39, 0.29) is 4.75 Å². The lowest BCUT2D eigenvalue weighted by Crippen LogP contribution is -2.27. The minimum Gasteiger partial charge on any atom is -0.336 e. The molecule has 3 aromatic rings. The maximum Gasteiger partial charge on any atom is 0.0946 e. The number of hydrogen-bond donors (Lipinski definition) is 0. The highest BCUT2D eigenvalue weighted by molar-refractivity contribution is 9.10. The Morgan fingerprint density at radius 1 is 1.15 bits per heavy atom. The van der Waals surface area contributed by atoms with Crippen LogP contribution in [0.4, 0.5) is 0 Å². The molecule has 0 amide bonds. The van der Waals surface area contributed by atoms with Gasteiger partial charge in [0.1, 0.15) is 0 Å². The number of thioether (sulfide) groups is 1. The summed E-state index contributed by atoms with van der Waals surface area (Å²) in [6, 6.07) is 16.6. The number of halogens is 2. The van der Waals surface area contributed by atoms with Crippen LogP contribution in [0.5, 0.6) is 0 Å². The number of rotatable bonds is 8. The van der Waals surface area contributed by atoms with E-state index in [4.69, 9.17) is 11.6 Å². The average molecular weight is 450 g/mol. The molecule has 0 aliphatic heterocycles. The van der Waals surface area contributed by atoms with E-state index >= 15 is 0 Å². The Labute approximate surface area is 173 Å². The Bertz CT molecular complexity index is 820. The van der Waals surface area contributed by atoms with Crippen LogP contribution >= 0.6 is 39.3 Å². The van der Waals surface area contributed by atoms with E-state index in [0.717, 1.165) is 35.3 Å². The van der Waals surface area contributed by atoms with Gasteiger partial charge in [-0.3, -0.25) is 0 Å². The molecule has 1 atom stereocenters. The van der Waals surface area contributed by atoms with E-state index in [9.17, 15) is 0 Å². The van der Waals surface area contributed by atoms with Crippen LogP contribution in [0.3, 0.4) is 0 Å². The largest absolute Gasteiger partial charge is 0.336 e. The van der Waals surface area contributed by atoms with Crippen LogP contribution in [0.15, 0.2) is 76.6 Å². The maximum absolute atomic E-state index is 5.99. The molecular formula is C21H22BrClN2S. The first-order chi connectivity index (χ1) is 12.5. The first-order valence-electron chi connectivity index (χ1n) is 8.68. The number of nitrogens with zero attached hydrogens (tertiary/aromatic N) is 2. The van der Waals surface area contributed by atoms with E-state index in [2.05, 4.69) is 68.8 Å². The molecule has 0 aliphatic carbocycles. The number of aromatic nitrogens is 2. The molecule has 1 aromatic heterocycles. The maximum atomic E-state index is 5.99. The van der Waals surface area contributed by atoms with Gasteiger partial charge < -0.3 is 4.57 Å². The Morgan fingerprint density at radius 3 is 2.62 bits per heavy atom.